The average molecular weight is 358 g/mol. The van der Waals surface area contributed by atoms with Crippen LogP contribution >= 0.6 is 11.6 Å². The van der Waals surface area contributed by atoms with Crippen molar-refractivity contribution < 1.29 is 9.53 Å². The first kappa shape index (κ1) is 17.5. The van der Waals surface area contributed by atoms with E-state index in [2.05, 4.69) is 0 Å². The summed E-state index contributed by atoms with van der Waals surface area (Å²) in [5, 5.41) is 0.660. The summed E-state index contributed by atoms with van der Waals surface area (Å²) in [5.74, 6) is -0.411. The number of hydrogen-bond donors (Lipinski definition) is 1. The van der Waals surface area contributed by atoms with Gasteiger partial charge in [-0.15, -0.1) is 0 Å². The van der Waals surface area contributed by atoms with E-state index in [9.17, 15) is 4.79 Å². The average Bonchev–Trinajstić information content (AvgIpc) is 2.93. The molecule has 0 saturated carbocycles. The Hall–Kier alpha value is -2.37. The van der Waals surface area contributed by atoms with Crippen molar-refractivity contribution in [2.75, 3.05) is 6.61 Å². The van der Waals surface area contributed by atoms with Crippen LogP contribution in [0.1, 0.15) is 18.2 Å². The number of fused-ring (bicyclic) bond motifs is 1. The van der Waals surface area contributed by atoms with E-state index >= 15 is 0 Å². The van der Waals surface area contributed by atoms with Gasteiger partial charge in [0.05, 0.1) is 18.0 Å². The number of nitrogens with zero attached hydrogens (tertiary/aromatic N) is 2. The van der Waals surface area contributed by atoms with Crippen LogP contribution in [0.3, 0.4) is 0 Å². The van der Waals surface area contributed by atoms with Crippen LogP contribution in [-0.2, 0) is 16.0 Å². The number of rotatable bonds is 5. The molecule has 5 nitrogen and oxygen atoms in total. The van der Waals surface area contributed by atoms with E-state index in [-0.39, 0.29) is 0 Å². The third-order valence-corrected chi connectivity index (χ3v) is 4.25. The number of pyridine rings is 1. The van der Waals surface area contributed by atoms with E-state index in [4.69, 9.17) is 27.1 Å². The molecule has 3 rings (SSSR count). The maximum Gasteiger partial charge on any atom is 0.323 e. The van der Waals surface area contributed by atoms with Gasteiger partial charge in [-0.25, -0.2) is 4.98 Å². The van der Waals surface area contributed by atoms with Crippen molar-refractivity contribution in [1.29, 1.82) is 0 Å². The van der Waals surface area contributed by atoms with Gasteiger partial charge in [0.25, 0.3) is 0 Å². The zero-order valence-corrected chi connectivity index (χ0v) is 15.0. The van der Waals surface area contributed by atoms with Gasteiger partial charge in [0, 0.05) is 23.2 Å². The molecule has 0 radical (unpaired) electrons. The summed E-state index contributed by atoms with van der Waals surface area (Å²) in [6.45, 7) is 4.09. The molecule has 0 amide bonds. The van der Waals surface area contributed by atoms with Gasteiger partial charge in [0.15, 0.2) is 0 Å². The molecule has 0 aliphatic rings. The second-order valence-corrected chi connectivity index (χ2v) is 6.35. The number of aromatic nitrogens is 2. The Morgan fingerprint density at radius 1 is 1.32 bits per heavy atom. The number of esters is 1. The van der Waals surface area contributed by atoms with E-state index in [1.165, 1.54) is 0 Å². The highest BCUT2D eigenvalue weighted by atomic mass is 35.5. The highest BCUT2D eigenvalue weighted by Crippen LogP contribution is 2.27. The summed E-state index contributed by atoms with van der Waals surface area (Å²) in [6.07, 6.45) is 2.28. The Bertz CT molecular complexity index is 903. The fraction of sp³-hybridized carbons (Fsp3) is 0.263. The van der Waals surface area contributed by atoms with Gasteiger partial charge >= 0.3 is 5.97 Å². The van der Waals surface area contributed by atoms with Crippen LogP contribution < -0.4 is 5.73 Å². The molecule has 1 aromatic carbocycles. The highest BCUT2D eigenvalue weighted by molar-refractivity contribution is 6.30. The SMILES string of the molecule is CCOC(=O)C(N)Cc1c(-c2ccc(Cl)cc2)nc2cc(C)ccn12. The lowest BCUT2D eigenvalue weighted by Crippen LogP contribution is -2.34. The molecule has 0 bridgehead atoms. The fourth-order valence-corrected chi connectivity index (χ4v) is 2.90. The summed E-state index contributed by atoms with van der Waals surface area (Å²) < 4.78 is 7.00. The molecule has 130 valence electrons. The molecule has 1 atom stereocenters. The summed E-state index contributed by atoms with van der Waals surface area (Å²) >= 11 is 5.99. The van der Waals surface area contributed by atoms with Gasteiger partial charge in [-0.05, 0) is 43.7 Å². The van der Waals surface area contributed by atoms with Crippen molar-refractivity contribution >= 4 is 23.2 Å². The molecule has 3 aromatic rings. The van der Waals surface area contributed by atoms with E-state index in [1.54, 1.807) is 6.92 Å². The van der Waals surface area contributed by atoms with Gasteiger partial charge in [-0.1, -0.05) is 23.7 Å². The minimum absolute atomic E-state index is 0.308. The van der Waals surface area contributed by atoms with Crippen LogP contribution in [0, 0.1) is 6.92 Å². The largest absolute Gasteiger partial charge is 0.465 e. The van der Waals surface area contributed by atoms with Crippen molar-refractivity contribution in [3.63, 3.8) is 0 Å². The number of carbonyl (C=O) groups excluding carboxylic acids is 1. The molecular formula is C19H20ClN3O2. The van der Waals surface area contributed by atoms with Crippen LogP contribution in [0.2, 0.25) is 5.02 Å². The normalized spacial score (nSPS) is 12.3. The first-order chi connectivity index (χ1) is 12.0. The molecular weight excluding hydrogens is 338 g/mol. The number of carbonyl (C=O) groups is 1. The zero-order valence-electron chi connectivity index (χ0n) is 14.2. The number of imidazole rings is 1. The topological polar surface area (TPSA) is 69.6 Å². The van der Waals surface area contributed by atoms with Crippen LogP contribution in [0.5, 0.6) is 0 Å². The molecule has 0 spiro atoms. The number of benzene rings is 1. The van der Waals surface area contributed by atoms with Crippen LogP contribution in [-0.4, -0.2) is 28.0 Å². The molecule has 25 heavy (non-hydrogen) atoms. The zero-order chi connectivity index (χ0) is 18.0. The van der Waals surface area contributed by atoms with Gasteiger partial charge in [-0.2, -0.15) is 0 Å². The quantitative estimate of drug-likeness (QED) is 0.710. The molecule has 0 aliphatic heterocycles. The lowest BCUT2D eigenvalue weighted by Gasteiger charge is -2.12. The smallest absolute Gasteiger partial charge is 0.323 e. The number of aryl methyl sites for hydroxylation is 1. The lowest BCUT2D eigenvalue weighted by molar-refractivity contribution is -0.144. The summed E-state index contributed by atoms with van der Waals surface area (Å²) in [5.41, 5.74) is 10.6. The predicted octanol–water partition coefficient (Wildman–Crippen LogP) is 3.40. The van der Waals surface area contributed by atoms with E-state index in [1.807, 2.05) is 53.9 Å². The Balaban J connectivity index is 2.08. The van der Waals surface area contributed by atoms with Crippen LogP contribution in [0.15, 0.2) is 42.6 Å². The fourth-order valence-electron chi connectivity index (χ4n) is 2.77. The molecule has 2 N–H and O–H groups in total. The van der Waals surface area contributed by atoms with Gasteiger partial charge in [0.1, 0.15) is 11.7 Å². The Morgan fingerprint density at radius 2 is 2.04 bits per heavy atom. The van der Waals surface area contributed by atoms with E-state index < -0.39 is 12.0 Å². The summed E-state index contributed by atoms with van der Waals surface area (Å²) in [4.78, 5) is 16.7. The monoisotopic (exact) mass is 357 g/mol. The number of nitrogens with two attached hydrogens (primary N) is 1. The van der Waals surface area contributed by atoms with Crippen molar-refractivity contribution in [1.82, 2.24) is 9.38 Å². The van der Waals surface area contributed by atoms with Gasteiger partial charge in [-0.3, -0.25) is 4.79 Å². The standard InChI is InChI=1S/C19H20ClN3O2/c1-3-25-19(24)15(21)11-16-18(13-4-6-14(20)7-5-13)22-17-10-12(2)8-9-23(16)17/h4-10,15H,3,11,21H2,1-2H3. The maximum atomic E-state index is 12.0. The third kappa shape index (κ3) is 3.67. The molecule has 6 heteroatoms. The minimum Gasteiger partial charge on any atom is -0.465 e. The van der Waals surface area contributed by atoms with E-state index in [0.717, 1.165) is 28.2 Å². The molecule has 0 saturated heterocycles. The van der Waals surface area contributed by atoms with E-state index in [0.29, 0.717) is 18.1 Å². The van der Waals surface area contributed by atoms with Crippen LogP contribution in [0.25, 0.3) is 16.9 Å². The second kappa shape index (κ2) is 7.25. The first-order valence-corrected chi connectivity index (χ1v) is 8.53. The van der Waals surface area contributed by atoms with Crippen LogP contribution in [0.4, 0.5) is 0 Å². The Kier molecular flexibility index (Phi) is 5.06. The summed E-state index contributed by atoms with van der Waals surface area (Å²) in [7, 11) is 0. The Labute approximate surface area is 151 Å². The second-order valence-electron chi connectivity index (χ2n) is 5.91. The number of hydrogen-bond acceptors (Lipinski definition) is 4. The van der Waals surface area contributed by atoms with Gasteiger partial charge in [0.2, 0.25) is 0 Å². The van der Waals surface area contributed by atoms with Gasteiger partial charge < -0.3 is 14.9 Å². The molecule has 1 unspecified atom stereocenters. The number of ether oxygens (including phenoxy) is 1. The molecule has 2 aromatic heterocycles. The maximum absolute atomic E-state index is 12.0. The Morgan fingerprint density at radius 3 is 2.72 bits per heavy atom. The van der Waals surface area contributed by atoms with Crippen molar-refractivity contribution in [3.05, 3.63) is 58.9 Å². The first-order valence-electron chi connectivity index (χ1n) is 8.15. The molecule has 2 heterocycles. The number of halogens is 1. The predicted molar refractivity (Wildman–Crippen MR) is 98.7 cm³/mol. The molecule has 0 aliphatic carbocycles. The third-order valence-electron chi connectivity index (χ3n) is 4.00. The molecule has 0 fully saturated rings. The lowest BCUT2D eigenvalue weighted by atomic mass is 10.1. The van der Waals surface area contributed by atoms with Crippen molar-refractivity contribution in [3.8, 4) is 11.3 Å². The minimum atomic E-state index is -0.743. The highest BCUT2D eigenvalue weighted by Gasteiger charge is 2.21. The van der Waals surface area contributed by atoms with Crippen molar-refractivity contribution in [2.24, 2.45) is 5.73 Å². The summed E-state index contributed by atoms with van der Waals surface area (Å²) in [6, 6.07) is 10.7. The van der Waals surface area contributed by atoms with Crippen molar-refractivity contribution in [2.45, 2.75) is 26.3 Å².